The van der Waals surface area contributed by atoms with E-state index in [1.54, 1.807) is 23.5 Å². The summed E-state index contributed by atoms with van der Waals surface area (Å²) in [4.78, 5) is 20.4. The van der Waals surface area contributed by atoms with E-state index in [0.717, 1.165) is 42.6 Å². The number of carboxylic acid groups (broad SMARTS) is 1. The molecule has 6 heteroatoms. The van der Waals surface area contributed by atoms with Crippen molar-refractivity contribution in [3.63, 3.8) is 0 Å². The molecule has 0 bridgehead atoms. The fourth-order valence-corrected chi connectivity index (χ4v) is 3.93. The Morgan fingerprint density at radius 2 is 2.26 bits per heavy atom. The van der Waals surface area contributed by atoms with Crippen LogP contribution in [0, 0.1) is 6.92 Å². The number of nitrogens with zero attached hydrogens (tertiary/aromatic N) is 3. The lowest BCUT2D eigenvalue weighted by Gasteiger charge is -2.39. The molecule has 0 radical (unpaired) electrons. The molecular weight excluding hydrogens is 310 g/mol. The Hall–Kier alpha value is -1.92. The van der Waals surface area contributed by atoms with Crippen LogP contribution < -0.4 is 4.90 Å². The summed E-state index contributed by atoms with van der Waals surface area (Å²) >= 11 is 1.70. The predicted octanol–water partition coefficient (Wildman–Crippen LogP) is 2.86. The normalized spacial score (nSPS) is 19.0. The molecule has 1 aromatic heterocycles. The van der Waals surface area contributed by atoms with E-state index in [1.807, 2.05) is 19.1 Å². The van der Waals surface area contributed by atoms with E-state index < -0.39 is 5.97 Å². The molecular formula is C17H21N3O2S. The number of hydrogen-bond acceptors (Lipinski definition) is 5. The lowest BCUT2D eigenvalue weighted by atomic mass is 10.1. The molecule has 0 saturated carbocycles. The summed E-state index contributed by atoms with van der Waals surface area (Å²) in [6, 6.07) is 7.61. The van der Waals surface area contributed by atoms with Gasteiger partial charge < -0.3 is 10.0 Å². The lowest BCUT2D eigenvalue weighted by Crippen LogP contribution is -2.51. The second-order valence-corrected chi connectivity index (χ2v) is 6.89. The van der Waals surface area contributed by atoms with E-state index in [2.05, 4.69) is 27.1 Å². The molecule has 1 aromatic carbocycles. The zero-order valence-electron chi connectivity index (χ0n) is 13.4. The number of aromatic carboxylic acids is 1. The molecule has 0 aliphatic carbocycles. The predicted molar refractivity (Wildman–Crippen MR) is 92.3 cm³/mol. The van der Waals surface area contributed by atoms with Crippen LogP contribution in [-0.4, -0.2) is 46.6 Å². The largest absolute Gasteiger partial charge is 0.478 e. The van der Waals surface area contributed by atoms with Crippen LogP contribution in [0.5, 0.6) is 0 Å². The molecule has 1 unspecified atom stereocenters. The number of thiazole rings is 1. The fraction of sp³-hybridized carbons (Fsp3) is 0.412. The Bertz CT molecular complexity index is 701. The van der Waals surface area contributed by atoms with Gasteiger partial charge in [0.25, 0.3) is 0 Å². The van der Waals surface area contributed by atoms with Crippen LogP contribution in [-0.2, 0) is 6.54 Å². The molecule has 5 nitrogen and oxygen atoms in total. The highest BCUT2D eigenvalue weighted by molar-refractivity contribution is 7.13. The van der Waals surface area contributed by atoms with Crippen molar-refractivity contribution in [2.24, 2.45) is 0 Å². The highest BCUT2D eigenvalue weighted by atomic mass is 32.1. The fourth-order valence-electron chi connectivity index (χ4n) is 3.00. The van der Waals surface area contributed by atoms with Gasteiger partial charge in [0.2, 0.25) is 0 Å². The number of carboxylic acids is 1. The van der Waals surface area contributed by atoms with Crippen molar-refractivity contribution in [3.8, 4) is 0 Å². The van der Waals surface area contributed by atoms with Gasteiger partial charge in [-0.2, -0.15) is 0 Å². The smallest absolute Gasteiger partial charge is 0.335 e. The van der Waals surface area contributed by atoms with E-state index >= 15 is 0 Å². The minimum Gasteiger partial charge on any atom is -0.478 e. The third-order valence-corrected chi connectivity index (χ3v) is 5.14. The number of benzene rings is 1. The third kappa shape index (κ3) is 3.71. The SMILES string of the molecule is Cc1csc(N2CCN(Cc3cccc(C(=O)O)c3)CC2C)n1. The van der Waals surface area contributed by atoms with Crippen LogP contribution in [0.1, 0.15) is 28.5 Å². The van der Waals surface area contributed by atoms with Crippen molar-refractivity contribution in [2.45, 2.75) is 26.4 Å². The first-order chi connectivity index (χ1) is 11.0. The molecule has 0 amide bonds. The Morgan fingerprint density at radius 3 is 2.91 bits per heavy atom. The molecule has 1 fully saturated rings. The van der Waals surface area contributed by atoms with Crippen LogP contribution in [0.15, 0.2) is 29.6 Å². The summed E-state index contributed by atoms with van der Waals surface area (Å²) in [6.45, 7) is 7.89. The number of rotatable bonds is 4. The molecule has 122 valence electrons. The third-order valence-electron chi connectivity index (χ3n) is 4.14. The monoisotopic (exact) mass is 331 g/mol. The zero-order valence-corrected chi connectivity index (χ0v) is 14.2. The van der Waals surface area contributed by atoms with E-state index in [-0.39, 0.29) is 0 Å². The summed E-state index contributed by atoms with van der Waals surface area (Å²) in [5.41, 5.74) is 2.48. The van der Waals surface area contributed by atoms with Gasteiger partial charge in [-0.25, -0.2) is 9.78 Å². The van der Waals surface area contributed by atoms with Gasteiger partial charge in [-0.1, -0.05) is 12.1 Å². The maximum Gasteiger partial charge on any atom is 0.335 e. The highest BCUT2D eigenvalue weighted by Gasteiger charge is 2.25. The molecule has 1 saturated heterocycles. The molecule has 2 heterocycles. The summed E-state index contributed by atoms with van der Waals surface area (Å²) in [5.74, 6) is -0.871. The van der Waals surface area contributed by atoms with Crippen LogP contribution in [0.25, 0.3) is 0 Å². The van der Waals surface area contributed by atoms with Crippen molar-refractivity contribution < 1.29 is 9.90 Å². The highest BCUT2D eigenvalue weighted by Crippen LogP contribution is 2.25. The quantitative estimate of drug-likeness (QED) is 0.933. The van der Waals surface area contributed by atoms with Crippen molar-refractivity contribution in [2.75, 3.05) is 24.5 Å². The topological polar surface area (TPSA) is 56.7 Å². The summed E-state index contributed by atoms with van der Waals surface area (Å²) in [7, 11) is 0. The van der Waals surface area contributed by atoms with Gasteiger partial charge in [0, 0.05) is 37.6 Å². The average Bonchev–Trinajstić information content (AvgIpc) is 2.94. The molecule has 1 N–H and O–H groups in total. The van der Waals surface area contributed by atoms with Gasteiger partial charge >= 0.3 is 5.97 Å². The van der Waals surface area contributed by atoms with E-state index in [9.17, 15) is 4.79 Å². The standard InChI is InChI=1S/C17H21N3O2S/c1-12-11-23-17(18-12)20-7-6-19(9-13(20)2)10-14-4-3-5-15(8-14)16(21)22/h3-5,8,11,13H,6-7,9-10H2,1-2H3,(H,21,22). The number of piperazine rings is 1. The molecule has 1 atom stereocenters. The van der Waals surface area contributed by atoms with Gasteiger partial charge in [-0.05, 0) is 31.5 Å². The summed E-state index contributed by atoms with van der Waals surface area (Å²) < 4.78 is 0. The number of hydrogen-bond donors (Lipinski definition) is 1. The van der Waals surface area contributed by atoms with Crippen LogP contribution in [0.4, 0.5) is 5.13 Å². The number of aromatic nitrogens is 1. The maximum atomic E-state index is 11.1. The first kappa shape index (κ1) is 16.0. The lowest BCUT2D eigenvalue weighted by molar-refractivity contribution is 0.0696. The maximum absolute atomic E-state index is 11.1. The minimum absolute atomic E-state index is 0.354. The van der Waals surface area contributed by atoms with Crippen molar-refractivity contribution in [3.05, 3.63) is 46.5 Å². The first-order valence-electron chi connectivity index (χ1n) is 7.76. The summed E-state index contributed by atoms with van der Waals surface area (Å²) in [6.07, 6.45) is 0. The van der Waals surface area contributed by atoms with Crippen LogP contribution in [0.3, 0.4) is 0 Å². The van der Waals surface area contributed by atoms with E-state index in [0.29, 0.717) is 11.6 Å². The van der Waals surface area contributed by atoms with Crippen molar-refractivity contribution >= 4 is 22.4 Å². The number of carbonyl (C=O) groups is 1. The zero-order chi connectivity index (χ0) is 16.4. The molecule has 3 rings (SSSR count). The molecule has 1 aliphatic heterocycles. The average molecular weight is 331 g/mol. The van der Waals surface area contributed by atoms with Crippen molar-refractivity contribution in [1.82, 2.24) is 9.88 Å². The van der Waals surface area contributed by atoms with Gasteiger partial charge in [0.1, 0.15) is 0 Å². The second-order valence-electron chi connectivity index (χ2n) is 6.05. The van der Waals surface area contributed by atoms with Crippen LogP contribution in [0.2, 0.25) is 0 Å². The minimum atomic E-state index is -0.871. The van der Waals surface area contributed by atoms with E-state index in [4.69, 9.17) is 5.11 Å². The van der Waals surface area contributed by atoms with Gasteiger partial charge in [-0.15, -0.1) is 11.3 Å². The number of anilines is 1. The molecule has 23 heavy (non-hydrogen) atoms. The Balaban J connectivity index is 1.64. The van der Waals surface area contributed by atoms with Gasteiger partial charge in [-0.3, -0.25) is 4.90 Å². The second kappa shape index (κ2) is 6.68. The Kier molecular flexibility index (Phi) is 4.63. The van der Waals surface area contributed by atoms with E-state index in [1.165, 1.54) is 0 Å². The Morgan fingerprint density at radius 1 is 1.43 bits per heavy atom. The van der Waals surface area contributed by atoms with Gasteiger partial charge in [0.15, 0.2) is 5.13 Å². The molecule has 0 spiro atoms. The molecule has 1 aliphatic rings. The number of aryl methyl sites for hydroxylation is 1. The Labute approximate surface area is 140 Å². The first-order valence-corrected chi connectivity index (χ1v) is 8.64. The van der Waals surface area contributed by atoms with Gasteiger partial charge in [0.05, 0.1) is 11.3 Å². The summed E-state index contributed by atoms with van der Waals surface area (Å²) in [5, 5.41) is 12.3. The van der Waals surface area contributed by atoms with Crippen molar-refractivity contribution in [1.29, 1.82) is 0 Å². The van der Waals surface area contributed by atoms with Crippen LogP contribution >= 0.6 is 11.3 Å². The molecule has 2 aromatic rings.